The number of carbonyl (C=O) groups excluding carboxylic acids is 1. The first-order valence-electron chi connectivity index (χ1n) is 10.0. The van der Waals surface area contributed by atoms with Gasteiger partial charge in [-0.05, 0) is 0 Å². The van der Waals surface area contributed by atoms with Crippen molar-refractivity contribution in [1.29, 1.82) is 0 Å². The van der Waals surface area contributed by atoms with Crippen molar-refractivity contribution in [3.63, 3.8) is 0 Å². The summed E-state index contributed by atoms with van der Waals surface area (Å²) >= 11 is -0.590. The molecule has 170 valence electrons. The molecule has 2 aliphatic rings. The van der Waals surface area contributed by atoms with Crippen LogP contribution in [0.4, 0.5) is 0 Å². The molecule has 10 heteroatoms. The number of nitrogens with zero attached hydrogens (tertiary/aromatic N) is 1. The zero-order valence-electron chi connectivity index (χ0n) is 17.6. The number of hydrogen-bond donors (Lipinski definition) is 5. The molecular weight excluding hydrogens is 709 g/mol. The standard InChI is InChI=1S/C19H36I3N6O/c1-17(23)7-4-5-10-19(3,25)13(12-18(2,24)9-6-8-17)11-14-15(29)21-22(26)16(27-14)28-20/h11,13H,4-10,12,23-26H2,1-3H3,(H,27,28)/q-1/b14-11-. The number of rotatable bonds is 1. The fourth-order valence-corrected chi connectivity index (χ4v) is 16.4. The Morgan fingerprint density at radius 1 is 1.10 bits per heavy atom. The van der Waals surface area contributed by atoms with Gasteiger partial charge in [0.2, 0.25) is 0 Å². The van der Waals surface area contributed by atoms with E-state index in [0.717, 1.165) is 55.2 Å². The molecule has 0 spiro atoms. The predicted octanol–water partition coefficient (Wildman–Crippen LogP) is -0.00700. The number of nitrogens with two attached hydrogens (primary N) is 4. The molecule has 0 amide bonds. The van der Waals surface area contributed by atoms with Gasteiger partial charge in [0.1, 0.15) is 0 Å². The molecule has 0 bridgehead atoms. The van der Waals surface area contributed by atoms with E-state index in [4.69, 9.17) is 21.1 Å². The predicted molar refractivity (Wildman–Crippen MR) is 134 cm³/mol. The molecule has 0 aromatic carbocycles. The molecule has 2 fully saturated rings. The van der Waals surface area contributed by atoms with Crippen LogP contribution in [-0.2, 0) is 4.79 Å². The SMILES string of the molecule is CC1(N)CCCCC(C)(N)C(/C=C2\NC(=NI)I(N)[I-]C2=O)CC(C)(N)CCC1. The summed E-state index contributed by atoms with van der Waals surface area (Å²) in [6, 6.07) is 0. The van der Waals surface area contributed by atoms with Gasteiger partial charge in [0, 0.05) is 0 Å². The van der Waals surface area contributed by atoms with Crippen molar-refractivity contribution < 1.29 is 22.0 Å². The topological polar surface area (TPSA) is 146 Å². The number of carbonyl (C=O) groups is 1. The number of allylic oxidation sites excluding steroid dienone is 1. The second kappa shape index (κ2) is 10.7. The summed E-state index contributed by atoms with van der Waals surface area (Å²) in [4.78, 5) is 12.7. The molecule has 1 saturated heterocycles. The van der Waals surface area contributed by atoms with E-state index in [1.165, 1.54) is 0 Å². The summed E-state index contributed by atoms with van der Waals surface area (Å²) in [6.07, 6.45) is 9.61. The van der Waals surface area contributed by atoms with Crippen LogP contribution >= 0.6 is 39.0 Å². The normalized spacial score (nSPS) is 42.6. The molecule has 1 aliphatic carbocycles. The zero-order chi connectivity index (χ0) is 21.9. The van der Waals surface area contributed by atoms with E-state index in [-0.39, 0.29) is 20.8 Å². The van der Waals surface area contributed by atoms with Gasteiger partial charge in [-0.1, -0.05) is 0 Å². The van der Waals surface area contributed by atoms with Gasteiger partial charge in [0.25, 0.3) is 0 Å². The maximum atomic E-state index is 12.7. The van der Waals surface area contributed by atoms with Crippen LogP contribution in [0.5, 0.6) is 0 Å². The van der Waals surface area contributed by atoms with E-state index in [9.17, 15) is 4.79 Å². The van der Waals surface area contributed by atoms with E-state index in [1.54, 1.807) is 0 Å². The summed E-state index contributed by atoms with van der Waals surface area (Å²) in [6.45, 7) is 6.33. The third-order valence-electron chi connectivity index (χ3n) is 5.95. The first-order chi connectivity index (χ1) is 13.4. The minimum atomic E-state index is -1.87. The Kier molecular flexibility index (Phi) is 9.64. The molecule has 0 aromatic rings. The van der Waals surface area contributed by atoms with Gasteiger partial charge < -0.3 is 0 Å². The molecule has 0 aromatic heterocycles. The zero-order valence-corrected chi connectivity index (χ0v) is 24.1. The molecule has 1 aliphatic heterocycles. The molecule has 4 unspecified atom stereocenters. The second-order valence-electron chi connectivity index (χ2n) is 9.37. The first-order valence-corrected chi connectivity index (χ1v) is 20.7. The molecule has 1 heterocycles. The summed E-state index contributed by atoms with van der Waals surface area (Å²) in [5, 5.41) is 3.23. The number of hydrogen-bond acceptors (Lipinski definition) is 6. The molecule has 0 radical (unpaired) electrons. The van der Waals surface area contributed by atoms with Crippen molar-refractivity contribution >= 4 is 46.6 Å². The summed E-state index contributed by atoms with van der Waals surface area (Å²) in [7, 11) is 0. The minimum absolute atomic E-state index is 0.00484. The van der Waals surface area contributed by atoms with Crippen molar-refractivity contribution in [1.82, 2.24) is 5.32 Å². The quantitative estimate of drug-likeness (QED) is 0.0841. The number of nitrogens with one attached hydrogen (secondary N) is 1. The average Bonchev–Trinajstić information content (AvgIpc) is 2.59. The molecule has 2 rings (SSSR count). The van der Waals surface area contributed by atoms with Gasteiger partial charge in [-0.3, -0.25) is 0 Å². The monoisotopic (exact) mass is 745 g/mol. The van der Waals surface area contributed by atoms with Crippen LogP contribution in [0.15, 0.2) is 15.0 Å². The fraction of sp³-hybridized carbons (Fsp3) is 0.789. The van der Waals surface area contributed by atoms with Gasteiger partial charge in [-0.25, -0.2) is 0 Å². The van der Waals surface area contributed by atoms with Crippen molar-refractivity contribution in [3.8, 4) is 0 Å². The Balaban J connectivity index is 2.30. The summed E-state index contributed by atoms with van der Waals surface area (Å²) < 4.78 is 11.5. The Morgan fingerprint density at radius 2 is 1.69 bits per heavy atom. The fourth-order valence-electron chi connectivity index (χ4n) is 4.04. The second-order valence-corrected chi connectivity index (χ2v) is 22.4. The Morgan fingerprint density at radius 3 is 2.34 bits per heavy atom. The third-order valence-corrected chi connectivity index (χ3v) is 18.3. The van der Waals surface area contributed by atoms with E-state index >= 15 is 0 Å². The van der Waals surface area contributed by atoms with Crippen molar-refractivity contribution in [3.05, 3.63) is 11.8 Å². The van der Waals surface area contributed by atoms with Gasteiger partial charge >= 0.3 is 205 Å². The van der Waals surface area contributed by atoms with Crippen LogP contribution in [0.3, 0.4) is 0 Å². The van der Waals surface area contributed by atoms with Crippen molar-refractivity contribution in [2.45, 2.75) is 88.8 Å². The van der Waals surface area contributed by atoms with Crippen LogP contribution in [0, 0.1) is 5.92 Å². The average molecular weight is 745 g/mol. The third kappa shape index (κ3) is 8.08. The molecule has 9 N–H and O–H groups in total. The van der Waals surface area contributed by atoms with Crippen LogP contribution in [0.2, 0.25) is 0 Å². The molecule has 29 heavy (non-hydrogen) atoms. The Bertz CT molecular complexity index is 662. The van der Waals surface area contributed by atoms with Crippen LogP contribution in [0.25, 0.3) is 0 Å². The van der Waals surface area contributed by atoms with Crippen LogP contribution in [-0.4, -0.2) is 24.2 Å². The molecule has 1 saturated carbocycles. The Labute approximate surface area is 202 Å². The van der Waals surface area contributed by atoms with E-state index < -0.39 is 38.9 Å². The van der Waals surface area contributed by atoms with Gasteiger partial charge in [-0.15, -0.1) is 0 Å². The molecule has 4 atom stereocenters. The summed E-state index contributed by atoms with van der Waals surface area (Å²) in [5.74, 6) is 0.00484. The first kappa shape index (κ1) is 26.2. The van der Waals surface area contributed by atoms with Crippen molar-refractivity contribution in [2.75, 3.05) is 0 Å². The van der Waals surface area contributed by atoms with Crippen LogP contribution < -0.4 is 43.7 Å². The van der Waals surface area contributed by atoms with Crippen molar-refractivity contribution in [2.24, 2.45) is 30.3 Å². The molecular formula is C19H36I3N6O-. The Hall–Kier alpha value is 0.910. The van der Waals surface area contributed by atoms with E-state index in [0.29, 0.717) is 5.70 Å². The molecule has 7 nitrogen and oxygen atoms in total. The maximum absolute atomic E-state index is 12.7. The number of halogens is 3. The van der Waals surface area contributed by atoms with Gasteiger partial charge in [0.05, 0.1) is 0 Å². The van der Waals surface area contributed by atoms with E-state index in [2.05, 4.69) is 29.3 Å². The van der Waals surface area contributed by atoms with E-state index in [1.807, 2.05) is 28.9 Å². The number of amidine groups is 1. The summed E-state index contributed by atoms with van der Waals surface area (Å²) in [5.41, 5.74) is 19.7. The van der Waals surface area contributed by atoms with Gasteiger partial charge in [0.15, 0.2) is 0 Å². The van der Waals surface area contributed by atoms with Crippen LogP contribution in [0.1, 0.15) is 72.1 Å². The van der Waals surface area contributed by atoms with Gasteiger partial charge in [-0.2, -0.15) is 0 Å².